The van der Waals surface area contributed by atoms with Gasteiger partial charge in [0.25, 0.3) is 0 Å². The number of nitrogens with one attached hydrogen (secondary N) is 1. The van der Waals surface area contributed by atoms with Crippen molar-refractivity contribution < 1.29 is 0 Å². The Balaban J connectivity index is 1.92. The molecule has 0 bridgehead atoms. The number of anilines is 1. The molecule has 0 fully saturated rings. The number of aromatic nitrogens is 4. The fourth-order valence-electron chi connectivity index (χ4n) is 1.40. The Morgan fingerprint density at radius 2 is 2.29 bits per heavy atom. The normalized spacial score (nSPS) is 10.5. The fraction of sp³-hybridized carbons (Fsp3) is 0.300. The predicted molar refractivity (Wildman–Crippen MR) is 70.1 cm³/mol. The van der Waals surface area contributed by atoms with E-state index in [1.807, 2.05) is 19.4 Å². The van der Waals surface area contributed by atoms with E-state index >= 15 is 0 Å². The van der Waals surface area contributed by atoms with Gasteiger partial charge in [-0.1, -0.05) is 11.6 Å². The summed E-state index contributed by atoms with van der Waals surface area (Å²) in [6.07, 6.45) is 6.15. The summed E-state index contributed by atoms with van der Waals surface area (Å²) in [5.41, 5.74) is 1.18. The number of nitrogens with zero attached hydrogens (tertiary/aromatic N) is 4. The molecule has 2 aromatic rings. The minimum atomic E-state index is 0.406. The highest BCUT2D eigenvalue weighted by atomic mass is 79.9. The number of aryl methyl sites for hydroxylation is 1. The van der Waals surface area contributed by atoms with Crippen LogP contribution in [-0.4, -0.2) is 26.3 Å². The zero-order valence-electron chi connectivity index (χ0n) is 9.19. The molecule has 0 spiro atoms. The highest BCUT2D eigenvalue weighted by Crippen LogP contribution is 2.25. The van der Waals surface area contributed by atoms with Crippen LogP contribution in [0, 0.1) is 0 Å². The Morgan fingerprint density at radius 1 is 1.47 bits per heavy atom. The van der Waals surface area contributed by atoms with E-state index in [0.717, 1.165) is 13.0 Å². The van der Waals surface area contributed by atoms with Crippen LogP contribution >= 0.6 is 27.5 Å². The standard InChI is InChI=1S/C10H11BrClN5/c1-17-5-7(4-16-17)2-3-13-10-8(11)9(12)14-6-15-10/h4-6H,2-3H2,1H3,(H,13,14,15). The molecule has 0 aliphatic heterocycles. The van der Waals surface area contributed by atoms with Crippen LogP contribution in [0.5, 0.6) is 0 Å². The van der Waals surface area contributed by atoms with Gasteiger partial charge in [-0.15, -0.1) is 0 Å². The monoisotopic (exact) mass is 315 g/mol. The summed E-state index contributed by atoms with van der Waals surface area (Å²) in [7, 11) is 1.90. The molecule has 7 heteroatoms. The molecule has 1 N–H and O–H groups in total. The van der Waals surface area contributed by atoms with E-state index in [0.29, 0.717) is 15.4 Å². The van der Waals surface area contributed by atoms with Gasteiger partial charge in [-0.05, 0) is 27.9 Å². The number of hydrogen-bond acceptors (Lipinski definition) is 4. The lowest BCUT2D eigenvalue weighted by molar-refractivity contribution is 0.767. The second kappa shape index (κ2) is 5.46. The van der Waals surface area contributed by atoms with Gasteiger partial charge < -0.3 is 5.32 Å². The summed E-state index contributed by atoms with van der Waals surface area (Å²) in [5, 5.41) is 7.71. The minimum Gasteiger partial charge on any atom is -0.369 e. The second-order valence-corrected chi connectivity index (χ2v) is 4.68. The van der Waals surface area contributed by atoms with Crippen molar-refractivity contribution in [3.05, 3.63) is 33.9 Å². The summed E-state index contributed by atoms with van der Waals surface area (Å²) in [6.45, 7) is 0.762. The number of rotatable bonds is 4. The molecule has 5 nitrogen and oxygen atoms in total. The molecule has 0 radical (unpaired) electrons. The molecule has 0 aliphatic carbocycles. The molecule has 2 rings (SSSR count). The average molecular weight is 317 g/mol. The van der Waals surface area contributed by atoms with Crippen LogP contribution in [0.1, 0.15) is 5.56 Å². The van der Waals surface area contributed by atoms with Gasteiger partial charge in [0.1, 0.15) is 17.3 Å². The molecule has 0 atom stereocenters. The third kappa shape index (κ3) is 3.17. The lowest BCUT2D eigenvalue weighted by Gasteiger charge is -2.06. The Hall–Kier alpha value is -1.14. The maximum atomic E-state index is 5.86. The van der Waals surface area contributed by atoms with Gasteiger partial charge in [-0.2, -0.15) is 5.10 Å². The number of hydrogen-bond donors (Lipinski definition) is 1. The first-order valence-electron chi connectivity index (χ1n) is 5.04. The van der Waals surface area contributed by atoms with E-state index in [4.69, 9.17) is 11.6 Å². The van der Waals surface area contributed by atoms with Gasteiger partial charge in [-0.25, -0.2) is 9.97 Å². The molecule has 2 aromatic heterocycles. The highest BCUT2D eigenvalue weighted by Gasteiger charge is 2.05. The Labute approximate surface area is 112 Å². The summed E-state index contributed by atoms with van der Waals surface area (Å²) in [4.78, 5) is 7.96. The van der Waals surface area contributed by atoms with Crippen molar-refractivity contribution in [2.75, 3.05) is 11.9 Å². The Bertz CT molecular complexity index is 513. The lowest BCUT2D eigenvalue weighted by atomic mass is 10.2. The summed E-state index contributed by atoms with van der Waals surface area (Å²) < 4.78 is 2.47. The smallest absolute Gasteiger partial charge is 0.148 e. The average Bonchev–Trinajstić information content (AvgIpc) is 2.70. The van der Waals surface area contributed by atoms with Gasteiger partial charge in [0, 0.05) is 19.8 Å². The van der Waals surface area contributed by atoms with Crippen LogP contribution in [-0.2, 0) is 13.5 Å². The molecular formula is C10H11BrClN5. The van der Waals surface area contributed by atoms with Crippen LogP contribution in [0.25, 0.3) is 0 Å². The van der Waals surface area contributed by atoms with Crippen LogP contribution in [0.2, 0.25) is 5.15 Å². The minimum absolute atomic E-state index is 0.406. The van der Waals surface area contributed by atoms with E-state index in [9.17, 15) is 0 Å². The quantitative estimate of drug-likeness (QED) is 0.879. The van der Waals surface area contributed by atoms with Crippen molar-refractivity contribution >= 4 is 33.3 Å². The molecule has 0 unspecified atom stereocenters. The fourth-order valence-corrected chi connectivity index (χ4v) is 1.88. The SMILES string of the molecule is Cn1cc(CCNc2ncnc(Cl)c2Br)cn1. The third-order valence-corrected chi connectivity index (χ3v) is 3.48. The van der Waals surface area contributed by atoms with Crippen LogP contribution in [0.3, 0.4) is 0 Å². The molecule has 17 heavy (non-hydrogen) atoms. The van der Waals surface area contributed by atoms with E-state index in [1.165, 1.54) is 11.9 Å². The van der Waals surface area contributed by atoms with Gasteiger partial charge in [-0.3, -0.25) is 4.68 Å². The summed E-state index contributed by atoms with van der Waals surface area (Å²) in [5.74, 6) is 0.703. The van der Waals surface area contributed by atoms with E-state index in [2.05, 4.69) is 36.3 Å². The lowest BCUT2D eigenvalue weighted by Crippen LogP contribution is -2.07. The molecule has 0 aromatic carbocycles. The molecule has 0 aliphatic rings. The van der Waals surface area contributed by atoms with Crippen molar-refractivity contribution in [2.45, 2.75) is 6.42 Å². The Kier molecular flexibility index (Phi) is 3.96. The van der Waals surface area contributed by atoms with Gasteiger partial charge in [0.15, 0.2) is 0 Å². The number of halogens is 2. The molecule has 0 saturated heterocycles. The van der Waals surface area contributed by atoms with E-state index < -0.39 is 0 Å². The molecular weight excluding hydrogens is 306 g/mol. The Morgan fingerprint density at radius 3 is 3.00 bits per heavy atom. The predicted octanol–water partition coefficient (Wildman–Crippen LogP) is 2.28. The van der Waals surface area contributed by atoms with Crippen molar-refractivity contribution in [2.24, 2.45) is 7.05 Å². The van der Waals surface area contributed by atoms with Crippen molar-refractivity contribution in [1.82, 2.24) is 19.7 Å². The van der Waals surface area contributed by atoms with E-state index in [1.54, 1.807) is 4.68 Å². The molecule has 2 heterocycles. The zero-order chi connectivity index (χ0) is 12.3. The molecule has 90 valence electrons. The van der Waals surface area contributed by atoms with Gasteiger partial charge in [0.05, 0.1) is 10.7 Å². The molecule has 0 saturated carbocycles. The highest BCUT2D eigenvalue weighted by molar-refractivity contribution is 9.10. The largest absolute Gasteiger partial charge is 0.369 e. The summed E-state index contributed by atoms with van der Waals surface area (Å²) in [6, 6.07) is 0. The third-order valence-electron chi connectivity index (χ3n) is 2.21. The maximum absolute atomic E-state index is 5.86. The van der Waals surface area contributed by atoms with Crippen LogP contribution in [0.4, 0.5) is 5.82 Å². The van der Waals surface area contributed by atoms with Crippen molar-refractivity contribution in [1.29, 1.82) is 0 Å². The topological polar surface area (TPSA) is 55.6 Å². The van der Waals surface area contributed by atoms with Gasteiger partial charge >= 0.3 is 0 Å². The van der Waals surface area contributed by atoms with E-state index in [-0.39, 0.29) is 0 Å². The molecule has 0 amide bonds. The van der Waals surface area contributed by atoms with Crippen molar-refractivity contribution in [3.63, 3.8) is 0 Å². The maximum Gasteiger partial charge on any atom is 0.148 e. The first kappa shape index (κ1) is 12.3. The van der Waals surface area contributed by atoms with Crippen molar-refractivity contribution in [3.8, 4) is 0 Å². The van der Waals surface area contributed by atoms with Gasteiger partial charge in [0.2, 0.25) is 0 Å². The van der Waals surface area contributed by atoms with Crippen LogP contribution in [0.15, 0.2) is 23.2 Å². The summed E-state index contributed by atoms with van der Waals surface area (Å²) >= 11 is 9.20. The van der Waals surface area contributed by atoms with Crippen LogP contribution < -0.4 is 5.32 Å². The first-order chi connectivity index (χ1) is 8.16. The first-order valence-corrected chi connectivity index (χ1v) is 6.21. The zero-order valence-corrected chi connectivity index (χ0v) is 11.5. The second-order valence-electron chi connectivity index (χ2n) is 3.53.